The van der Waals surface area contributed by atoms with E-state index in [2.05, 4.69) is 33.0 Å². The van der Waals surface area contributed by atoms with Gasteiger partial charge in [-0.3, -0.25) is 9.10 Å². The van der Waals surface area contributed by atoms with Gasteiger partial charge in [-0.05, 0) is 49.3 Å². The Labute approximate surface area is 159 Å². The van der Waals surface area contributed by atoms with Crippen molar-refractivity contribution in [1.29, 1.82) is 0 Å². The first-order valence-electron chi connectivity index (χ1n) is 9.27. The summed E-state index contributed by atoms with van der Waals surface area (Å²) in [5.41, 5.74) is 2.61. The molecule has 0 unspecified atom stereocenters. The van der Waals surface area contributed by atoms with Crippen molar-refractivity contribution in [3.63, 3.8) is 0 Å². The molecule has 1 aromatic carbocycles. The van der Waals surface area contributed by atoms with Crippen molar-refractivity contribution in [1.82, 2.24) is 5.32 Å². The zero-order valence-corrected chi connectivity index (χ0v) is 18.0. The molecule has 1 aromatic rings. The van der Waals surface area contributed by atoms with E-state index in [0.29, 0.717) is 36.9 Å². The van der Waals surface area contributed by atoms with Gasteiger partial charge in [-0.1, -0.05) is 39.8 Å². The van der Waals surface area contributed by atoms with Gasteiger partial charge in [-0.25, -0.2) is 8.42 Å². The fraction of sp³-hybridized carbons (Fsp3) is 0.650. The van der Waals surface area contributed by atoms with Gasteiger partial charge in [0.15, 0.2) is 0 Å². The predicted octanol–water partition coefficient (Wildman–Crippen LogP) is 3.65. The molecule has 1 N–H and O–H groups in total. The van der Waals surface area contributed by atoms with Gasteiger partial charge in [0.05, 0.1) is 11.9 Å². The van der Waals surface area contributed by atoms with Crippen LogP contribution in [0.3, 0.4) is 0 Å². The van der Waals surface area contributed by atoms with Crippen LogP contribution in [0.5, 0.6) is 0 Å². The molecule has 26 heavy (non-hydrogen) atoms. The number of carbonyl (C=O) groups is 1. The van der Waals surface area contributed by atoms with E-state index in [9.17, 15) is 13.2 Å². The lowest BCUT2D eigenvalue weighted by atomic mass is 9.93. The van der Waals surface area contributed by atoms with E-state index in [-0.39, 0.29) is 11.9 Å². The summed E-state index contributed by atoms with van der Waals surface area (Å²) in [4.78, 5) is 12.3. The van der Waals surface area contributed by atoms with Gasteiger partial charge >= 0.3 is 0 Å². The zero-order valence-electron chi connectivity index (χ0n) is 17.2. The topological polar surface area (TPSA) is 66.5 Å². The van der Waals surface area contributed by atoms with Crippen molar-refractivity contribution in [3.8, 4) is 0 Å². The Morgan fingerprint density at radius 3 is 2.19 bits per heavy atom. The second kappa shape index (κ2) is 9.40. The molecule has 1 amide bonds. The number of amides is 1. The highest BCUT2D eigenvalue weighted by Crippen LogP contribution is 2.24. The minimum atomic E-state index is -3.40. The Morgan fingerprint density at radius 1 is 1.12 bits per heavy atom. The summed E-state index contributed by atoms with van der Waals surface area (Å²) in [5.74, 6) is 0.703. The second-order valence-corrected chi connectivity index (χ2v) is 9.72. The van der Waals surface area contributed by atoms with E-state index in [1.165, 1.54) is 10.6 Å². The van der Waals surface area contributed by atoms with Crippen LogP contribution in [-0.4, -0.2) is 33.2 Å². The van der Waals surface area contributed by atoms with Crippen LogP contribution < -0.4 is 9.62 Å². The van der Waals surface area contributed by atoms with Gasteiger partial charge in [0.2, 0.25) is 15.9 Å². The third-order valence-electron chi connectivity index (χ3n) is 4.56. The zero-order chi connectivity index (χ0) is 20.1. The standard InChI is InChI=1S/C20H34N2O3S/c1-14(2)20(15(3)4)21-19(23)9-8-12-22(26(7,24)25)18-13-16(5)10-11-17(18)6/h10-11,13-15,20H,8-9,12H2,1-7H3,(H,21,23). The van der Waals surface area contributed by atoms with Crippen molar-refractivity contribution in [2.24, 2.45) is 11.8 Å². The molecule has 0 aliphatic rings. The highest BCUT2D eigenvalue weighted by molar-refractivity contribution is 7.92. The van der Waals surface area contributed by atoms with Crippen LogP contribution >= 0.6 is 0 Å². The monoisotopic (exact) mass is 382 g/mol. The Bertz CT molecular complexity index is 704. The van der Waals surface area contributed by atoms with E-state index >= 15 is 0 Å². The second-order valence-electron chi connectivity index (χ2n) is 7.81. The Balaban J connectivity index is 2.78. The van der Waals surface area contributed by atoms with Crippen LogP contribution in [0.4, 0.5) is 5.69 Å². The van der Waals surface area contributed by atoms with Gasteiger partial charge in [0, 0.05) is 19.0 Å². The number of hydrogen-bond donors (Lipinski definition) is 1. The minimum absolute atomic E-state index is 0.0215. The van der Waals surface area contributed by atoms with Crippen molar-refractivity contribution in [2.75, 3.05) is 17.1 Å². The fourth-order valence-electron chi connectivity index (χ4n) is 3.20. The van der Waals surface area contributed by atoms with Crippen molar-refractivity contribution in [3.05, 3.63) is 29.3 Å². The average Bonchev–Trinajstić information content (AvgIpc) is 2.50. The summed E-state index contributed by atoms with van der Waals surface area (Å²) in [6.45, 7) is 12.5. The molecule has 1 rings (SSSR count). The lowest BCUT2D eigenvalue weighted by molar-refractivity contribution is -0.122. The van der Waals surface area contributed by atoms with Crippen LogP contribution in [0.15, 0.2) is 18.2 Å². The molecule has 0 saturated heterocycles. The molecular formula is C20H34N2O3S. The van der Waals surface area contributed by atoms with Gasteiger partial charge in [0.25, 0.3) is 0 Å². The predicted molar refractivity (Wildman–Crippen MR) is 109 cm³/mol. The lowest BCUT2D eigenvalue weighted by Gasteiger charge is -2.27. The summed E-state index contributed by atoms with van der Waals surface area (Å²) < 4.78 is 25.9. The highest BCUT2D eigenvalue weighted by atomic mass is 32.2. The molecule has 0 spiro atoms. The maximum absolute atomic E-state index is 12.3. The highest BCUT2D eigenvalue weighted by Gasteiger charge is 2.22. The van der Waals surface area contributed by atoms with Crippen LogP contribution in [0.25, 0.3) is 0 Å². The first kappa shape index (κ1) is 22.5. The van der Waals surface area contributed by atoms with Gasteiger partial charge in [-0.15, -0.1) is 0 Å². The molecule has 0 aliphatic carbocycles. The van der Waals surface area contributed by atoms with Crippen LogP contribution in [0.1, 0.15) is 51.7 Å². The average molecular weight is 383 g/mol. The maximum Gasteiger partial charge on any atom is 0.232 e. The maximum atomic E-state index is 12.3. The van der Waals surface area contributed by atoms with E-state index in [4.69, 9.17) is 0 Å². The summed E-state index contributed by atoms with van der Waals surface area (Å²) >= 11 is 0. The molecular weight excluding hydrogens is 348 g/mol. The smallest absolute Gasteiger partial charge is 0.232 e. The molecule has 0 bridgehead atoms. The van der Waals surface area contributed by atoms with Gasteiger partial charge in [0.1, 0.15) is 0 Å². The first-order chi connectivity index (χ1) is 11.9. The Hall–Kier alpha value is -1.56. The van der Waals surface area contributed by atoms with Crippen molar-refractivity contribution < 1.29 is 13.2 Å². The number of anilines is 1. The van der Waals surface area contributed by atoms with Crippen LogP contribution in [0, 0.1) is 25.7 Å². The van der Waals surface area contributed by atoms with Crippen LogP contribution in [0.2, 0.25) is 0 Å². The molecule has 0 fully saturated rings. The molecule has 0 heterocycles. The Kier molecular flexibility index (Phi) is 8.13. The summed E-state index contributed by atoms with van der Waals surface area (Å²) in [6, 6.07) is 5.90. The third-order valence-corrected chi connectivity index (χ3v) is 5.74. The molecule has 5 nitrogen and oxygen atoms in total. The molecule has 0 saturated carbocycles. The molecule has 0 atom stereocenters. The number of carbonyl (C=O) groups excluding carboxylic acids is 1. The minimum Gasteiger partial charge on any atom is -0.353 e. The lowest BCUT2D eigenvalue weighted by Crippen LogP contribution is -2.42. The molecule has 148 valence electrons. The Morgan fingerprint density at radius 2 is 1.69 bits per heavy atom. The van der Waals surface area contributed by atoms with E-state index in [0.717, 1.165) is 11.1 Å². The number of rotatable bonds is 9. The molecule has 0 aliphatic heterocycles. The molecule has 0 radical (unpaired) electrons. The largest absolute Gasteiger partial charge is 0.353 e. The van der Waals surface area contributed by atoms with E-state index < -0.39 is 10.0 Å². The van der Waals surface area contributed by atoms with Crippen molar-refractivity contribution in [2.45, 2.75) is 60.4 Å². The number of nitrogens with one attached hydrogen (secondary N) is 1. The van der Waals surface area contributed by atoms with Crippen molar-refractivity contribution >= 4 is 21.6 Å². The summed E-state index contributed by atoms with van der Waals surface area (Å²) in [6.07, 6.45) is 2.00. The number of hydrogen-bond acceptors (Lipinski definition) is 3. The number of nitrogens with zero attached hydrogens (tertiary/aromatic N) is 1. The quantitative estimate of drug-likeness (QED) is 0.709. The first-order valence-corrected chi connectivity index (χ1v) is 11.1. The third kappa shape index (κ3) is 6.63. The van der Waals surface area contributed by atoms with E-state index in [1.54, 1.807) is 0 Å². The summed E-state index contributed by atoms with van der Waals surface area (Å²) in [5, 5.41) is 3.08. The summed E-state index contributed by atoms with van der Waals surface area (Å²) in [7, 11) is -3.40. The molecule has 6 heteroatoms. The normalized spacial score (nSPS) is 12.1. The fourth-order valence-corrected chi connectivity index (χ4v) is 4.21. The molecule has 0 aromatic heterocycles. The number of sulfonamides is 1. The van der Waals surface area contributed by atoms with E-state index in [1.807, 2.05) is 32.0 Å². The number of aryl methyl sites for hydroxylation is 2. The van der Waals surface area contributed by atoms with Gasteiger partial charge in [-0.2, -0.15) is 0 Å². The number of benzene rings is 1. The van der Waals surface area contributed by atoms with Gasteiger partial charge < -0.3 is 5.32 Å². The SMILES string of the molecule is Cc1ccc(C)c(N(CCCC(=O)NC(C(C)C)C(C)C)S(C)(=O)=O)c1. The van der Waals surface area contributed by atoms with Crippen LogP contribution in [-0.2, 0) is 14.8 Å².